The normalized spacial score (nSPS) is 19.2. The summed E-state index contributed by atoms with van der Waals surface area (Å²) in [6.07, 6.45) is -0.708. The van der Waals surface area contributed by atoms with Gasteiger partial charge in [0, 0.05) is 18.7 Å². The molecule has 0 saturated carbocycles. The molecule has 6 N–H and O–H groups in total. The summed E-state index contributed by atoms with van der Waals surface area (Å²) < 4.78 is 15.0. The minimum Gasteiger partial charge on any atom is -0.453 e. The van der Waals surface area contributed by atoms with E-state index in [1.54, 1.807) is 16.0 Å². The predicted octanol–water partition coefficient (Wildman–Crippen LogP) is 3.55. The van der Waals surface area contributed by atoms with Crippen LogP contribution in [-0.2, 0) is 23.8 Å². The number of hydrogen-bond donors (Lipinski definition) is 6. The number of aromatic nitrogens is 4. The second-order valence-electron chi connectivity index (χ2n) is 14.3. The molecule has 2 saturated heterocycles. The number of carbonyl (C=O) groups excluding carboxylic acids is 4. The first-order chi connectivity index (χ1) is 27.4. The first kappa shape index (κ1) is 39.2. The van der Waals surface area contributed by atoms with Crippen molar-refractivity contribution in [2.24, 2.45) is 0 Å². The quantitative estimate of drug-likeness (QED) is 0.120. The summed E-state index contributed by atoms with van der Waals surface area (Å²) >= 11 is 0. The number of imidazole rings is 2. The molecule has 17 heteroatoms. The van der Waals surface area contributed by atoms with E-state index in [2.05, 4.69) is 53.3 Å². The molecule has 7 rings (SSSR count). The molecule has 0 radical (unpaired) electrons. The maximum Gasteiger partial charge on any atom is 0.407 e. The van der Waals surface area contributed by atoms with Gasteiger partial charge in [-0.25, -0.2) is 19.6 Å². The molecule has 0 aliphatic carbocycles. The molecule has 2 aromatic heterocycles. The molecule has 0 bridgehead atoms. The van der Waals surface area contributed by atoms with Crippen molar-refractivity contribution in [2.75, 3.05) is 40.5 Å². The smallest absolute Gasteiger partial charge is 0.407 e. The highest BCUT2D eigenvalue weighted by Crippen LogP contribution is 2.34. The summed E-state index contributed by atoms with van der Waals surface area (Å²) in [5, 5.41) is 27.5. The average Bonchev–Trinajstić information content (AvgIpc) is 4.01. The molecule has 57 heavy (non-hydrogen) atoms. The number of hydrogen-bond acceptors (Lipinski definition) is 11. The second kappa shape index (κ2) is 16.6. The fraction of sp³-hybridized carbons (Fsp3) is 0.400. The Bertz CT molecular complexity index is 2290. The Kier molecular flexibility index (Phi) is 11.4. The van der Waals surface area contributed by atoms with Gasteiger partial charge in [-0.3, -0.25) is 9.59 Å². The molecule has 4 heterocycles. The van der Waals surface area contributed by atoms with Crippen molar-refractivity contribution >= 4 is 45.8 Å². The zero-order valence-corrected chi connectivity index (χ0v) is 32.0. The van der Waals surface area contributed by atoms with E-state index in [0.29, 0.717) is 36.7 Å². The maximum absolute atomic E-state index is 13.6. The van der Waals surface area contributed by atoms with E-state index < -0.39 is 54.3 Å². The van der Waals surface area contributed by atoms with Crippen LogP contribution in [0.15, 0.2) is 60.8 Å². The van der Waals surface area contributed by atoms with Gasteiger partial charge in [-0.05, 0) is 72.9 Å². The molecule has 6 atom stereocenters. The summed E-state index contributed by atoms with van der Waals surface area (Å²) in [5.74, 6) is 0.278. The van der Waals surface area contributed by atoms with Crippen LogP contribution in [0.3, 0.4) is 0 Å². The van der Waals surface area contributed by atoms with E-state index in [1.807, 2.05) is 36.4 Å². The largest absolute Gasteiger partial charge is 0.453 e. The van der Waals surface area contributed by atoms with Gasteiger partial charge in [0.2, 0.25) is 11.8 Å². The Hall–Kier alpha value is -6.04. The standard InChI is InChI=1S/C40H46N8O9/c1-21(49)33(45-39(53)55-3)37(51)47-13-5-6-31(47)35-41-19-30(44-35)27-10-9-23-16-24(7-8-25(23)17-27)26-11-12-28-29(18-26)43-36(42-28)32-20-57-15-14-48(32)38(52)34(22(2)50)46-40(54)56-4/h7-12,16-19,21-22,31-34,49-50H,5-6,13-15,20H2,1-4H3,(H,41,44)(H,42,43)(H,45,53)(H,46,54)/t21-,22-,31+,32+,33+,34+/m1/s1. The number of morpholine rings is 1. The van der Waals surface area contributed by atoms with Gasteiger partial charge < -0.3 is 54.8 Å². The van der Waals surface area contributed by atoms with Crippen LogP contribution in [0.4, 0.5) is 9.59 Å². The number of alkyl carbamates (subject to hydrolysis) is 2. The molecule has 4 amide bonds. The predicted molar refractivity (Wildman–Crippen MR) is 208 cm³/mol. The van der Waals surface area contributed by atoms with Gasteiger partial charge in [0.15, 0.2) is 0 Å². The summed E-state index contributed by atoms with van der Waals surface area (Å²) in [4.78, 5) is 70.1. The van der Waals surface area contributed by atoms with Crippen molar-refractivity contribution < 1.29 is 43.6 Å². The van der Waals surface area contributed by atoms with Gasteiger partial charge in [-0.15, -0.1) is 0 Å². The number of nitrogens with zero attached hydrogens (tertiary/aromatic N) is 4. The lowest BCUT2D eigenvalue weighted by molar-refractivity contribution is -0.145. The number of H-pyrrole nitrogens is 2. The van der Waals surface area contributed by atoms with E-state index in [4.69, 9.17) is 9.72 Å². The summed E-state index contributed by atoms with van der Waals surface area (Å²) in [5.41, 5.74) is 5.15. The lowest BCUT2D eigenvalue weighted by Crippen LogP contribution is -2.56. The van der Waals surface area contributed by atoms with Crippen molar-refractivity contribution in [2.45, 2.75) is 63.1 Å². The lowest BCUT2D eigenvalue weighted by atomic mass is 9.99. The summed E-state index contributed by atoms with van der Waals surface area (Å²) in [7, 11) is 2.39. The number of aliphatic hydroxyl groups excluding tert-OH is 2. The number of amides is 4. The third-order valence-electron chi connectivity index (χ3n) is 10.6. The lowest BCUT2D eigenvalue weighted by Gasteiger charge is -2.37. The molecule has 5 aromatic rings. The minimum absolute atomic E-state index is 0.189. The number of ether oxygens (including phenoxy) is 3. The number of aliphatic hydroxyl groups is 2. The summed E-state index contributed by atoms with van der Waals surface area (Å²) in [6.45, 7) is 4.09. The first-order valence-corrected chi connectivity index (χ1v) is 18.8. The zero-order chi connectivity index (χ0) is 40.4. The molecule has 2 aliphatic rings. The Labute approximate surface area is 327 Å². The number of benzene rings is 3. The van der Waals surface area contributed by atoms with Crippen LogP contribution in [0, 0.1) is 0 Å². The van der Waals surface area contributed by atoms with Gasteiger partial charge >= 0.3 is 12.2 Å². The highest BCUT2D eigenvalue weighted by Gasteiger charge is 2.39. The van der Waals surface area contributed by atoms with Crippen LogP contribution in [0.5, 0.6) is 0 Å². The number of fused-ring (bicyclic) bond motifs is 2. The van der Waals surface area contributed by atoms with Crippen molar-refractivity contribution in [3.63, 3.8) is 0 Å². The van der Waals surface area contributed by atoms with E-state index in [-0.39, 0.29) is 19.2 Å². The molecule has 3 aromatic carbocycles. The second-order valence-corrected chi connectivity index (χ2v) is 14.3. The van der Waals surface area contributed by atoms with Gasteiger partial charge in [0.25, 0.3) is 0 Å². The van der Waals surface area contributed by atoms with Crippen molar-refractivity contribution in [3.8, 4) is 22.4 Å². The molecule has 2 fully saturated rings. The molecular weight excluding hydrogens is 736 g/mol. The highest BCUT2D eigenvalue weighted by atomic mass is 16.5. The average molecular weight is 783 g/mol. The van der Waals surface area contributed by atoms with E-state index in [0.717, 1.165) is 45.1 Å². The van der Waals surface area contributed by atoms with E-state index >= 15 is 0 Å². The zero-order valence-electron chi connectivity index (χ0n) is 32.0. The molecule has 0 unspecified atom stereocenters. The van der Waals surface area contributed by atoms with Crippen LogP contribution in [0.1, 0.15) is 50.4 Å². The van der Waals surface area contributed by atoms with E-state index in [9.17, 15) is 29.4 Å². The Morgan fingerprint density at radius 2 is 1.39 bits per heavy atom. The number of aromatic amines is 2. The van der Waals surface area contributed by atoms with Crippen LogP contribution >= 0.6 is 0 Å². The number of likely N-dealkylation sites (tertiary alicyclic amines) is 1. The summed E-state index contributed by atoms with van der Waals surface area (Å²) in [6, 6.07) is 15.0. The molecule has 2 aliphatic heterocycles. The fourth-order valence-corrected chi connectivity index (χ4v) is 7.53. The number of rotatable bonds is 10. The van der Waals surface area contributed by atoms with Gasteiger partial charge in [-0.1, -0.05) is 30.3 Å². The van der Waals surface area contributed by atoms with E-state index in [1.165, 1.54) is 28.1 Å². The van der Waals surface area contributed by atoms with Gasteiger partial charge in [0.05, 0.1) is 68.6 Å². The van der Waals surface area contributed by atoms with Crippen molar-refractivity contribution in [1.82, 2.24) is 40.4 Å². The third kappa shape index (κ3) is 8.12. The monoisotopic (exact) mass is 782 g/mol. The Morgan fingerprint density at radius 1 is 0.789 bits per heavy atom. The fourth-order valence-electron chi connectivity index (χ4n) is 7.53. The molecule has 0 spiro atoms. The minimum atomic E-state index is -1.20. The Morgan fingerprint density at radius 3 is 2.04 bits per heavy atom. The van der Waals surface area contributed by atoms with Crippen LogP contribution in [-0.4, -0.2) is 129 Å². The van der Waals surface area contributed by atoms with Crippen LogP contribution in [0.25, 0.3) is 44.2 Å². The highest BCUT2D eigenvalue weighted by molar-refractivity contribution is 5.92. The van der Waals surface area contributed by atoms with Crippen LogP contribution < -0.4 is 10.6 Å². The van der Waals surface area contributed by atoms with Gasteiger partial charge in [0.1, 0.15) is 29.8 Å². The van der Waals surface area contributed by atoms with Crippen molar-refractivity contribution in [3.05, 3.63) is 72.4 Å². The maximum atomic E-state index is 13.6. The van der Waals surface area contributed by atoms with Crippen molar-refractivity contribution in [1.29, 1.82) is 0 Å². The van der Waals surface area contributed by atoms with Crippen LogP contribution in [0.2, 0.25) is 0 Å². The SMILES string of the molecule is COC(=O)N[C@H](C(=O)N1CCC[C@H]1c1ncc(-c2ccc3cc(-c4ccc5nc([C@@H]6COCCN6C(=O)[C@@H](NC(=O)OC)[C@@H](C)O)[nH]c5c4)ccc3c2)[nH]1)[C@@H](C)O. The Balaban J connectivity index is 1.08. The molecular formula is C40H46N8O9. The number of methoxy groups -OCH3 is 2. The number of carbonyl (C=O) groups is 4. The number of nitrogens with one attached hydrogen (secondary N) is 4. The molecule has 300 valence electrons. The molecule has 17 nitrogen and oxygen atoms in total. The topological polar surface area (TPSA) is 224 Å². The third-order valence-corrected chi connectivity index (χ3v) is 10.6. The van der Waals surface area contributed by atoms with Gasteiger partial charge in [-0.2, -0.15) is 0 Å². The first-order valence-electron chi connectivity index (χ1n) is 18.8.